The number of hydrogen-bond acceptors (Lipinski definition) is 3. The third kappa shape index (κ3) is 3.81. The number of rotatable bonds is 3. The molecule has 5 nitrogen and oxygen atoms in total. The van der Waals surface area contributed by atoms with Crippen LogP contribution in [0.15, 0.2) is 42.7 Å². The first-order valence-electron chi connectivity index (χ1n) is 8.75. The first-order valence-corrected chi connectivity index (χ1v) is 8.75. The third-order valence-corrected chi connectivity index (χ3v) is 4.72. The van der Waals surface area contributed by atoms with Crippen molar-refractivity contribution in [3.05, 3.63) is 48.3 Å². The smallest absolute Gasteiger partial charge is 0.255 e. The Bertz CT molecular complexity index is 720. The van der Waals surface area contributed by atoms with Crippen LogP contribution in [0.3, 0.4) is 0 Å². The van der Waals surface area contributed by atoms with Crippen molar-refractivity contribution in [2.45, 2.75) is 26.3 Å². The van der Waals surface area contributed by atoms with E-state index in [0.717, 1.165) is 37.5 Å². The van der Waals surface area contributed by atoms with Gasteiger partial charge in [-0.3, -0.25) is 4.79 Å². The van der Waals surface area contributed by atoms with E-state index >= 15 is 0 Å². The molecule has 2 aromatic rings. The first kappa shape index (κ1) is 17.4. The van der Waals surface area contributed by atoms with E-state index in [4.69, 9.17) is 4.74 Å². The number of methoxy groups -OCH3 is 1. The highest BCUT2D eigenvalue weighted by Crippen LogP contribution is 2.22. The highest BCUT2D eigenvalue weighted by Gasteiger charge is 2.24. The number of ether oxygens (including phenoxy) is 1. The van der Waals surface area contributed by atoms with Crippen molar-refractivity contribution in [3.8, 4) is 5.75 Å². The number of benzene rings is 1. The van der Waals surface area contributed by atoms with E-state index in [1.54, 1.807) is 7.11 Å². The molecule has 0 aliphatic carbocycles. The lowest BCUT2D eigenvalue weighted by molar-refractivity contribution is 0.0746. The maximum absolute atomic E-state index is 12.7. The van der Waals surface area contributed by atoms with Gasteiger partial charge in [0.15, 0.2) is 0 Å². The average molecular weight is 341 g/mol. The normalized spacial score (nSPS) is 15.4. The summed E-state index contributed by atoms with van der Waals surface area (Å²) in [7, 11) is 1.67. The van der Waals surface area contributed by atoms with E-state index in [9.17, 15) is 4.79 Å². The second-order valence-corrected chi connectivity index (χ2v) is 7.46. The lowest BCUT2D eigenvalue weighted by atomic mass is 10.1. The van der Waals surface area contributed by atoms with Crippen molar-refractivity contribution >= 4 is 11.6 Å². The van der Waals surface area contributed by atoms with Crippen LogP contribution < -0.4 is 9.64 Å². The van der Waals surface area contributed by atoms with Gasteiger partial charge >= 0.3 is 0 Å². The summed E-state index contributed by atoms with van der Waals surface area (Å²) in [6, 6.07) is 10.0. The minimum absolute atomic E-state index is 0.00834. The predicted octanol–water partition coefficient (Wildman–Crippen LogP) is 3.21. The van der Waals surface area contributed by atoms with Crippen LogP contribution >= 0.6 is 0 Å². The molecule has 1 fully saturated rings. The zero-order chi connectivity index (χ0) is 18.0. The van der Waals surface area contributed by atoms with E-state index in [1.807, 2.05) is 35.5 Å². The Morgan fingerprint density at radius 1 is 1.00 bits per heavy atom. The van der Waals surface area contributed by atoms with Crippen LogP contribution in [0.5, 0.6) is 5.75 Å². The average Bonchev–Trinajstić information content (AvgIpc) is 3.12. The van der Waals surface area contributed by atoms with Crippen LogP contribution in [0, 0.1) is 0 Å². The highest BCUT2D eigenvalue weighted by molar-refractivity contribution is 5.94. The Morgan fingerprint density at radius 3 is 2.16 bits per heavy atom. The second kappa shape index (κ2) is 6.82. The van der Waals surface area contributed by atoms with Gasteiger partial charge in [-0.15, -0.1) is 0 Å². The molecular formula is C20H27N3O2. The Labute approximate surface area is 149 Å². The SMILES string of the molecule is COc1ccc(N2CCN(C(=O)c3ccn(C(C)(C)C)c3)CC2)cc1. The molecule has 1 aliphatic rings. The number of piperazine rings is 1. The van der Waals surface area contributed by atoms with E-state index in [0.29, 0.717) is 0 Å². The molecule has 134 valence electrons. The number of hydrogen-bond donors (Lipinski definition) is 0. The fraction of sp³-hybridized carbons (Fsp3) is 0.450. The second-order valence-electron chi connectivity index (χ2n) is 7.46. The molecule has 0 unspecified atom stereocenters. The standard InChI is InChI=1S/C20H27N3O2/c1-20(2,3)23-10-9-16(15-23)19(24)22-13-11-21(12-14-22)17-5-7-18(25-4)8-6-17/h5-10,15H,11-14H2,1-4H3. The molecule has 1 aromatic heterocycles. The summed E-state index contributed by atoms with van der Waals surface area (Å²) in [5.41, 5.74) is 1.94. The van der Waals surface area contributed by atoms with E-state index in [1.165, 1.54) is 5.69 Å². The van der Waals surface area contributed by atoms with Crippen molar-refractivity contribution in [2.24, 2.45) is 0 Å². The Morgan fingerprint density at radius 2 is 1.64 bits per heavy atom. The largest absolute Gasteiger partial charge is 0.497 e. The number of nitrogens with zero attached hydrogens (tertiary/aromatic N) is 3. The van der Waals surface area contributed by atoms with Crippen molar-refractivity contribution in [2.75, 3.05) is 38.2 Å². The molecule has 1 aromatic carbocycles. The molecule has 3 rings (SSSR count). The minimum Gasteiger partial charge on any atom is -0.497 e. The summed E-state index contributed by atoms with van der Waals surface area (Å²) >= 11 is 0. The minimum atomic E-state index is -0.00834. The zero-order valence-electron chi connectivity index (χ0n) is 15.5. The molecule has 0 atom stereocenters. The molecule has 5 heteroatoms. The monoisotopic (exact) mass is 341 g/mol. The number of anilines is 1. The number of carbonyl (C=O) groups is 1. The van der Waals surface area contributed by atoms with Gasteiger partial charge in [-0.25, -0.2) is 0 Å². The molecule has 1 saturated heterocycles. The zero-order valence-corrected chi connectivity index (χ0v) is 15.5. The summed E-state index contributed by atoms with van der Waals surface area (Å²) in [5, 5.41) is 0. The first-order chi connectivity index (χ1) is 11.9. The van der Waals surface area contributed by atoms with Gasteiger partial charge in [0.05, 0.1) is 12.7 Å². The third-order valence-electron chi connectivity index (χ3n) is 4.72. The van der Waals surface area contributed by atoms with Gasteiger partial charge in [-0.2, -0.15) is 0 Å². The topological polar surface area (TPSA) is 37.7 Å². The van der Waals surface area contributed by atoms with Gasteiger partial charge in [0, 0.05) is 49.8 Å². The fourth-order valence-electron chi connectivity index (χ4n) is 3.08. The van der Waals surface area contributed by atoms with Crippen molar-refractivity contribution in [1.82, 2.24) is 9.47 Å². The fourth-order valence-corrected chi connectivity index (χ4v) is 3.08. The van der Waals surface area contributed by atoms with Crippen LogP contribution in [0.2, 0.25) is 0 Å². The molecule has 1 amide bonds. The number of aromatic nitrogens is 1. The summed E-state index contributed by atoms with van der Waals surface area (Å²) < 4.78 is 7.30. The molecule has 0 radical (unpaired) electrons. The lowest BCUT2D eigenvalue weighted by Gasteiger charge is -2.36. The van der Waals surface area contributed by atoms with Crippen molar-refractivity contribution in [3.63, 3.8) is 0 Å². The summed E-state index contributed by atoms with van der Waals surface area (Å²) in [4.78, 5) is 17.0. The summed E-state index contributed by atoms with van der Waals surface area (Å²) in [6.07, 6.45) is 3.94. The Balaban J connectivity index is 1.61. The van der Waals surface area contributed by atoms with Crippen LogP contribution in [0.25, 0.3) is 0 Å². The Hall–Kier alpha value is -2.43. The number of amides is 1. The van der Waals surface area contributed by atoms with Crippen LogP contribution in [0.1, 0.15) is 31.1 Å². The lowest BCUT2D eigenvalue weighted by Crippen LogP contribution is -2.48. The molecule has 0 spiro atoms. The van der Waals surface area contributed by atoms with E-state index < -0.39 is 0 Å². The van der Waals surface area contributed by atoms with Crippen LogP contribution in [0.4, 0.5) is 5.69 Å². The molecule has 1 aliphatic heterocycles. The highest BCUT2D eigenvalue weighted by atomic mass is 16.5. The molecule has 2 heterocycles. The van der Waals surface area contributed by atoms with Gasteiger partial charge in [0.2, 0.25) is 0 Å². The Kier molecular flexibility index (Phi) is 4.75. The molecule has 25 heavy (non-hydrogen) atoms. The molecule has 0 N–H and O–H groups in total. The van der Waals surface area contributed by atoms with Crippen LogP contribution in [-0.4, -0.2) is 48.7 Å². The maximum Gasteiger partial charge on any atom is 0.255 e. The quantitative estimate of drug-likeness (QED) is 0.860. The van der Waals surface area contributed by atoms with Gasteiger partial charge in [0.25, 0.3) is 5.91 Å². The molecular weight excluding hydrogens is 314 g/mol. The predicted molar refractivity (Wildman–Crippen MR) is 101 cm³/mol. The van der Waals surface area contributed by atoms with Crippen LogP contribution in [-0.2, 0) is 5.54 Å². The van der Waals surface area contributed by atoms with Gasteiger partial charge < -0.3 is 19.1 Å². The van der Waals surface area contributed by atoms with E-state index in [2.05, 4.69) is 42.4 Å². The van der Waals surface area contributed by atoms with Crippen molar-refractivity contribution < 1.29 is 9.53 Å². The number of carbonyl (C=O) groups excluding carboxylic acids is 1. The summed E-state index contributed by atoms with van der Waals surface area (Å²) in [6.45, 7) is 9.58. The maximum atomic E-state index is 12.7. The summed E-state index contributed by atoms with van der Waals surface area (Å²) in [5.74, 6) is 0.985. The van der Waals surface area contributed by atoms with Gasteiger partial charge in [-0.1, -0.05) is 0 Å². The molecule has 0 bridgehead atoms. The van der Waals surface area contributed by atoms with E-state index in [-0.39, 0.29) is 11.4 Å². The van der Waals surface area contributed by atoms with Gasteiger partial charge in [0.1, 0.15) is 5.75 Å². The van der Waals surface area contributed by atoms with Gasteiger partial charge in [-0.05, 0) is 51.1 Å². The van der Waals surface area contributed by atoms with Crippen molar-refractivity contribution in [1.29, 1.82) is 0 Å². The molecule has 0 saturated carbocycles.